The summed E-state index contributed by atoms with van der Waals surface area (Å²) in [5.74, 6) is -1.64. The Morgan fingerprint density at radius 2 is 1.90 bits per heavy atom. The minimum atomic E-state index is -0.828. The third-order valence-corrected chi connectivity index (χ3v) is 1.71. The molecule has 0 nitrogen and oxygen atoms in total. The number of aryl methyl sites for hydroxylation is 1. The molecule has 0 unspecified atom stereocenters. The van der Waals surface area contributed by atoms with Gasteiger partial charge in [-0.25, -0.2) is 8.78 Å². The predicted molar refractivity (Wildman–Crippen MR) is 38.8 cm³/mol. The van der Waals surface area contributed by atoms with Gasteiger partial charge in [-0.3, -0.25) is 0 Å². The highest BCUT2D eigenvalue weighted by Crippen LogP contribution is 2.19. The van der Waals surface area contributed by atoms with E-state index in [0.29, 0.717) is 5.56 Å². The lowest BCUT2D eigenvalue weighted by molar-refractivity contribution is 0.503. The lowest BCUT2D eigenvalue weighted by Crippen LogP contribution is -1.86. The van der Waals surface area contributed by atoms with Crippen molar-refractivity contribution in [2.24, 2.45) is 0 Å². The fourth-order valence-corrected chi connectivity index (χ4v) is 1.23. The van der Waals surface area contributed by atoms with Crippen molar-refractivity contribution in [3.8, 4) is 0 Å². The largest absolute Gasteiger partial charge is 0.204 e. The molecule has 54 valence electrons. The standard InChI is InChI=1S/C7H5BrF2/c1-4-2-5(8)7(10)6(9)3-4/h2-3H,1H3. The molecule has 0 amide bonds. The molecule has 0 radical (unpaired) electrons. The topological polar surface area (TPSA) is 0 Å². The summed E-state index contributed by atoms with van der Waals surface area (Å²) in [5.41, 5.74) is 0.700. The average Bonchev–Trinajstić information content (AvgIpc) is 1.82. The number of benzene rings is 1. The second-order valence-electron chi connectivity index (χ2n) is 2.04. The quantitative estimate of drug-likeness (QED) is 0.573. The second kappa shape index (κ2) is 2.66. The summed E-state index contributed by atoms with van der Waals surface area (Å²) in [7, 11) is 0. The van der Waals surface area contributed by atoms with E-state index in [1.807, 2.05) is 0 Å². The fourth-order valence-electron chi connectivity index (χ4n) is 0.682. The van der Waals surface area contributed by atoms with Gasteiger partial charge < -0.3 is 0 Å². The number of halogens is 3. The van der Waals surface area contributed by atoms with Crippen LogP contribution in [0.1, 0.15) is 5.56 Å². The highest BCUT2D eigenvalue weighted by Gasteiger charge is 2.05. The van der Waals surface area contributed by atoms with E-state index in [0.717, 1.165) is 6.07 Å². The predicted octanol–water partition coefficient (Wildman–Crippen LogP) is 3.04. The highest BCUT2D eigenvalue weighted by atomic mass is 79.9. The first kappa shape index (κ1) is 7.66. The summed E-state index contributed by atoms with van der Waals surface area (Å²) in [6, 6.07) is 2.68. The van der Waals surface area contributed by atoms with Crippen LogP contribution in [0.5, 0.6) is 0 Å². The van der Waals surface area contributed by atoms with Crippen LogP contribution < -0.4 is 0 Å². The molecule has 0 N–H and O–H groups in total. The summed E-state index contributed by atoms with van der Waals surface area (Å²) < 4.78 is 25.1. The molecule has 0 spiro atoms. The van der Waals surface area contributed by atoms with E-state index in [4.69, 9.17) is 0 Å². The second-order valence-corrected chi connectivity index (χ2v) is 2.90. The minimum Gasteiger partial charge on any atom is -0.204 e. The van der Waals surface area contributed by atoms with Gasteiger partial charge in [0.25, 0.3) is 0 Å². The minimum absolute atomic E-state index is 0.171. The lowest BCUT2D eigenvalue weighted by Gasteiger charge is -1.96. The Morgan fingerprint density at radius 1 is 1.30 bits per heavy atom. The Morgan fingerprint density at radius 3 is 2.40 bits per heavy atom. The Labute approximate surface area is 66.0 Å². The molecule has 1 aromatic carbocycles. The van der Waals surface area contributed by atoms with Crippen LogP contribution in [0.15, 0.2) is 16.6 Å². The number of hydrogen-bond acceptors (Lipinski definition) is 0. The fraction of sp³-hybridized carbons (Fsp3) is 0.143. The van der Waals surface area contributed by atoms with Gasteiger partial charge in [0.05, 0.1) is 4.47 Å². The molecule has 0 bridgehead atoms. The molecule has 1 rings (SSSR count). The lowest BCUT2D eigenvalue weighted by atomic mass is 10.2. The van der Waals surface area contributed by atoms with E-state index in [1.54, 1.807) is 6.92 Å². The molecule has 0 heterocycles. The molecule has 0 aromatic heterocycles. The van der Waals surface area contributed by atoms with E-state index in [9.17, 15) is 8.78 Å². The van der Waals surface area contributed by atoms with Gasteiger partial charge in [0, 0.05) is 0 Å². The van der Waals surface area contributed by atoms with Gasteiger partial charge in [-0.15, -0.1) is 0 Å². The third-order valence-electron chi connectivity index (χ3n) is 1.13. The number of rotatable bonds is 0. The Hall–Kier alpha value is -0.440. The normalized spacial score (nSPS) is 10.0. The Balaban J connectivity index is 3.31. The van der Waals surface area contributed by atoms with Crippen molar-refractivity contribution in [2.45, 2.75) is 6.92 Å². The molecule has 0 aliphatic heterocycles. The summed E-state index contributed by atoms with van der Waals surface area (Å²) in [4.78, 5) is 0. The molecule has 0 aliphatic rings. The van der Waals surface area contributed by atoms with Crippen molar-refractivity contribution < 1.29 is 8.78 Å². The van der Waals surface area contributed by atoms with Gasteiger partial charge in [0.2, 0.25) is 0 Å². The molecule has 1 aromatic rings. The zero-order chi connectivity index (χ0) is 7.72. The van der Waals surface area contributed by atoms with Crippen molar-refractivity contribution in [3.63, 3.8) is 0 Å². The van der Waals surface area contributed by atoms with Crippen LogP contribution in [0.25, 0.3) is 0 Å². The zero-order valence-corrected chi connectivity index (χ0v) is 6.87. The van der Waals surface area contributed by atoms with Gasteiger partial charge in [0.15, 0.2) is 11.6 Å². The zero-order valence-electron chi connectivity index (χ0n) is 5.29. The molecule has 0 saturated heterocycles. The van der Waals surface area contributed by atoms with Gasteiger partial charge in [-0.1, -0.05) is 0 Å². The highest BCUT2D eigenvalue weighted by molar-refractivity contribution is 9.10. The van der Waals surface area contributed by atoms with Crippen molar-refractivity contribution in [1.29, 1.82) is 0 Å². The van der Waals surface area contributed by atoms with E-state index in [1.165, 1.54) is 6.07 Å². The molecule has 0 atom stereocenters. The van der Waals surface area contributed by atoms with Crippen molar-refractivity contribution in [1.82, 2.24) is 0 Å². The molecule has 0 fully saturated rings. The summed E-state index contributed by atoms with van der Waals surface area (Å²) >= 11 is 2.88. The number of hydrogen-bond donors (Lipinski definition) is 0. The van der Waals surface area contributed by atoms with E-state index >= 15 is 0 Å². The summed E-state index contributed by atoms with van der Waals surface area (Å²) in [6.07, 6.45) is 0. The van der Waals surface area contributed by atoms with Crippen LogP contribution in [-0.2, 0) is 0 Å². The van der Waals surface area contributed by atoms with Gasteiger partial charge in [-0.2, -0.15) is 0 Å². The van der Waals surface area contributed by atoms with Crippen LogP contribution in [0.3, 0.4) is 0 Å². The maximum Gasteiger partial charge on any atom is 0.172 e. The molecule has 3 heteroatoms. The van der Waals surface area contributed by atoms with Gasteiger partial charge in [-0.05, 0) is 40.5 Å². The molecule has 0 aliphatic carbocycles. The molecular formula is C7H5BrF2. The van der Waals surface area contributed by atoms with Crippen molar-refractivity contribution in [2.75, 3.05) is 0 Å². The first-order chi connectivity index (χ1) is 4.61. The van der Waals surface area contributed by atoms with E-state index < -0.39 is 11.6 Å². The maximum absolute atomic E-state index is 12.5. The van der Waals surface area contributed by atoms with Crippen LogP contribution in [0.4, 0.5) is 8.78 Å². The Kier molecular flexibility index (Phi) is 2.04. The first-order valence-corrected chi connectivity index (χ1v) is 3.51. The third kappa shape index (κ3) is 1.34. The Bertz CT molecular complexity index is 235. The van der Waals surface area contributed by atoms with E-state index in [-0.39, 0.29) is 4.47 Å². The van der Waals surface area contributed by atoms with Crippen LogP contribution in [-0.4, -0.2) is 0 Å². The van der Waals surface area contributed by atoms with E-state index in [2.05, 4.69) is 15.9 Å². The average molecular weight is 207 g/mol. The van der Waals surface area contributed by atoms with Gasteiger partial charge in [0.1, 0.15) is 0 Å². The maximum atomic E-state index is 12.5. The van der Waals surface area contributed by atoms with Gasteiger partial charge >= 0.3 is 0 Å². The first-order valence-electron chi connectivity index (χ1n) is 2.72. The molecule has 10 heavy (non-hydrogen) atoms. The summed E-state index contributed by atoms with van der Waals surface area (Å²) in [5, 5.41) is 0. The van der Waals surface area contributed by atoms with Crippen LogP contribution in [0, 0.1) is 18.6 Å². The smallest absolute Gasteiger partial charge is 0.172 e. The molecular weight excluding hydrogens is 202 g/mol. The summed E-state index contributed by atoms with van der Waals surface area (Å²) in [6.45, 7) is 1.70. The van der Waals surface area contributed by atoms with Crippen LogP contribution in [0.2, 0.25) is 0 Å². The van der Waals surface area contributed by atoms with Crippen LogP contribution >= 0.6 is 15.9 Å². The van der Waals surface area contributed by atoms with Crippen molar-refractivity contribution >= 4 is 15.9 Å². The molecule has 0 saturated carbocycles. The SMILES string of the molecule is Cc1cc(F)c(F)c(Br)c1. The monoisotopic (exact) mass is 206 g/mol. The van der Waals surface area contributed by atoms with Crippen molar-refractivity contribution in [3.05, 3.63) is 33.8 Å².